The smallest absolute Gasteiger partial charge is 0.242 e. The second kappa shape index (κ2) is 4.11. The molecule has 0 aliphatic heterocycles. The fraction of sp³-hybridized carbons (Fsp3) is 1.00. The molecule has 1 atom stereocenters. The predicted molar refractivity (Wildman–Crippen MR) is 41.9 cm³/mol. The number of halogens is 2. The Morgan fingerprint density at radius 3 is 2.18 bits per heavy atom. The fourth-order valence-corrected chi connectivity index (χ4v) is 1.07. The van der Waals surface area contributed by atoms with Crippen LogP contribution in [0.5, 0.6) is 0 Å². The van der Waals surface area contributed by atoms with Crippen molar-refractivity contribution in [3.63, 3.8) is 0 Å². The van der Waals surface area contributed by atoms with Crippen LogP contribution in [0.25, 0.3) is 0 Å². The maximum absolute atomic E-state index is 11.6. The Bertz CT molecular complexity index is 144. The molecule has 0 spiro atoms. The van der Waals surface area contributed by atoms with Crippen LogP contribution >= 0.6 is 0 Å². The number of alkyl halides is 2. The Labute approximate surface area is 68.0 Å². The summed E-state index contributed by atoms with van der Waals surface area (Å²) in [5, 5.41) is 0. The van der Waals surface area contributed by atoms with Gasteiger partial charge in [0.15, 0.2) is 0 Å². The number of hydrogen-bond acceptors (Lipinski definition) is 1. The average molecular weight is 185 g/mol. The van der Waals surface area contributed by atoms with Crippen molar-refractivity contribution in [3.05, 3.63) is 0 Å². The van der Waals surface area contributed by atoms with Crippen molar-refractivity contribution >= 4 is 11.0 Å². The van der Waals surface area contributed by atoms with Gasteiger partial charge in [-0.1, -0.05) is 0 Å². The molecule has 1 N–H and O–H groups in total. The van der Waals surface area contributed by atoms with E-state index in [2.05, 4.69) is 4.72 Å². The lowest BCUT2D eigenvalue weighted by atomic mass is 10.3. The zero-order valence-corrected chi connectivity index (χ0v) is 7.67. The standard InChI is InChI=1S/C6H13F2NOS/c1-6(2,3)11(10)9-4-5(7)8/h5,9H,4H2,1-3H3/t11-/m0/s1. The van der Waals surface area contributed by atoms with Crippen molar-refractivity contribution < 1.29 is 13.0 Å². The van der Waals surface area contributed by atoms with Gasteiger partial charge in [0.25, 0.3) is 6.43 Å². The van der Waals surface area contributed by atoms with Gasteiger partial charge in [-0.05, 0) is 20.8 Å². The van der Waals surface area contributed by atoms with E-state index in [0.717, 1.165) is 0 Å². The molecule has 5 heteroatoms. The second-order valence-electron chi connectivity index (χ2n) is 3.12. The van der Waals surface area contributed by atoms with Crippen LogP contribution in [-0.2, 0) is 11.0 Å². The van der Waals surface area contributed by atoms with E-state index in [1.807, 2.05) is 0 Å². The summed E-state index contributed by atoms with van der Waals surface area (Å²) in [6.45, 7) is 4.66. The Morgan fingerprint density at radius 2 is 1.91 bits per heavy atom. The molecule has 0 aromatic rings. The minimum Gasteiger partial charge on any atom is -0.242 e. The highest BCUT2D eigenvalue weighted by Crippen LogP contribution is 2.08. The maximum atomic E-state index is 11.6. The van der Waals surface area contributed by atoms with Gasteiger partial charge in [-0.25, -0.2) is 17.7 Å². The fourth-order valence-electron chi connectivity index (χ4n) is 0.355. The van der Waals surface area contributed by atoms with Crippen molar-refractivity contribution in [2.75, 3.05) is 6.54 Å². The van der Waals surface area contributed by atoms with Gasteiger partial charge >= 0.3 is 0 Å². The third-order valence-electron chi connectivity index (χ3n) is 0.925. The summed E-state index contributed by atoms with van der Waals surface area (Å²) in [5.74, 6) is 0. The number of nitrogens with one attached hydrogen (secondary N) is 1. The molecule has 0 rings (SSSR count). The second-order valence-corrected chi connectivity index (χ2v) is 5.17. The molecular formula is C6H13F2NOS. The molecule has 0 aromatic carbocycles. The lowest BCUT2D eigenvalue weighted by Crippen LogP contribution is -2.35. The van der Waals surface area contributed by atoms with Crippen LogP contribution in [0.2, 0.25) is 0 Å². The summed E-state index contributed by atoms with van der Waals surface area (Å²) in [5.41, 5.74) is 0. The van der Waals surface area contributed by atoms with Crippen molar-refractivity contribution in [1.82, 2.24) is 4.72 Å². The van der Waals surface area contributed by atoms with Crippen LogP contribution in [0.15, 0.2) is 0 Å². The van der Waals surface area contributed by atoms with Gasteiger partial charge in [0, 0.05) is 0 Å². The van der Waals surface area contributed by atoms with Crippen molar-refractivity contribution in [2.45, 2.75) is 31.9 Å². The quantitative estimate of drug-likeness (QED) is 0.705. The molecule has 0 aliphatic carbocycles. The van der Waals surface area contributed by atoms with E-state index >= 15 is 0 Å². The first-order valence-corrected chi connectivity index (χ1v) is 4.42. The van der Waals surface area contributed by atoms with E-state index in [-0.39, 0.29) is 0 Å². The van der Waals surface area contributed by atoms with Crippen LogP contribution in [0, 0.1) is 0 Å². The Balaban J connectivity index is 3.71. The van der Waals surface area contributed by atoms with Gasteiger partial charge in [-0.3, -0.25) is 0 Å². The highest BCUT2D eigenvalue weighted by atomic mass is 32.2. The largest absolute Gasteiger partial charge is 0.251 e. The number of hydrogen-bond donors (Lipinski definition) is 1. The van der Waals surface area contributed by atoms with Crippen molar-refractivity contribution in [2.24, 2.45) is 0 Å². The zero-order chi connectivity index (χ0) is 9.07. The van der Waals surface area contributed by atoms with Gasteiger partial charge < -0.3 is 0 Å². The van der Waals surface area contributed by atoms with Gasteiger partial charge in [0.2, 0.25) is 0 Å². The summed E-state index contributed by atoms with van der Waals surface area (Å²) in [6.07, 6.45) is -2.44. The summed E-state index contributed by atoms with van der Waals surface area (Å²) < 4.78 is 36.0. The van der Waals surface area contributed by atoms with Gasteiger partial charge in [-0.15, -0.1) is 0 Å². The van der Waals surface area contributed by atoms with Crippen LogP contribution in [0.3, 0.4) is 0 Å². The van der Waals surface area contributed by atoms with E-state index in [9.17, 15) is 13.0 Å². The van der Waals surface area contributed by atoms with Crippen LogP contribution in [0.4, 0.5) is 8.78 Å². The zero-order valence-electron chi connectivity index (χ0n) is 6.86. The first-order valence-electron chi connectivity index (χ1n) is 3.27. The molecule has 0 radical (unpaired) electrons. The molecule has 0 saturated carbocycles. The van der Waals surface area contributed by atoms with Crippen molar-refractivity contribution in [1.29, 1.82) is 0 Å². The van der Waals surface area contributed by atoms with E-state index < -0.39 is 28.7 Å². The molecular weight excluding hydrogens is 172 g/mol. The highest BCUT2D eigenvalue weighted by Gasteiger charge is 2.19. The van der Waals surface area contributed by atoms with E-state index in [1.54, 1.807) is 20.8 Å². The molecule has 0 unspecified atom stereocenters. The molecule has 0 saturated heterocycles. The Kier molecular flexibility index (Phi) is 4.10. The highest BCUT2D eigenvalue weighted by molar-refractivity contribution is 7.84. The first kappa shape index (κ1) is 11.0. The average Bonchev–Trinajstić information content (AvgIpc) is 1.80. The SMILES string of the molecule is CC(C)(C)[S@](=O)NCC(F)F. The van der Waals surface area contributed by atoms with Gasteiger partial charge in [-0.2, -0.15) is 0 Å². The lowest BCUT2D eigenvalue weighted by molar-refractivity contribution is 0.153. The third-order valence-corrected chi connectivity index (χ3v) is 2.47. The van der Waals surface area contributed by atoms with Crippen LogP contribution < -0.4 is 4.72 Å². The molecule has 0 bridgehead atoms. The first-order chi connectivity index (χ1) is 4.84. The molecule has 68 valence electrons. The summed E-state index contributed by atoms with van der Waals surface area (Å²) >= 11 is 0. The molecule has 0 amide bonds. The van der Waals surface area contributed by atoms with Crippen molar-refractivity contribution in [3.8, 4) is 0 Å². The van der Waals surface area contributed by atoms with Gasteiger partial charge in [0.1, 0.15) is 0 Å². The van der Waals surface area contributed by atoms with Crippen LogP contribution in [-0.4, -0.2) is 21.9 Å². The molecule has 2 nitrogen and oxygen atoms in total. The van der Waals surface area contributed by atoms with E-state index in [0.29, 0.717) is 0 Å². The minimum absolute atomic E-state index is 0.477. The maximum Gasteiger partial charge on any atom is 0.251 e. The minimum atomic E-state index is -2.44. The monoisotopic (exact) mass is 185 g/mol. The summed E-state index contributed by atoms with van der Waals surface area (Å²) in [4.78, 5) is 0. The lowest BCUT2D eigenvalue weighted by Gasteiger charge is -2.17. The Morgan fingerprint density at radius 1 is 1.45 bits per heavy atom. The number of rotatable bonds is 3. The molecule has 11 heavy (non-hydrogen) atoms. The molecule has 0 fully saturated rings. The van der Waals surface area contributed by atoms with E-state index in [4.69, 9.17) is 0 Å². The Hall–Kier alpha value is -0.0300. The summed E-state index contributed by atoms with van der Waals surface area (Å²) in [7, 11) is -1.39. The van der Waals surface area contributed by atoms with Crippen LogP contribution in [0.1, 0.15) is 20.8 Å². The molecule has 0 aromatic heterocycles. The van der Waals surface area contributed by atoms with E-state index in [1.165, 1.54) is 0 Å². The topological polar surface area (TPSA) is 29.1 Å². The summed E-state index contributed by atoms with van der Waals surface area (Å²) in [6, 6.07) is 0. The third kappa shape index (κ3) is 5.26. The molecule has 0 heterocycles. The normalized spacial score (nSPS) is 15.5. The molecule has 0 aliphatic rings. The van der Waals surface area contributed by atoms with Gasteiger partial charge in [0.05, 0.1) is 22.3 Å². The predicted octanol–water partition coefficient (Wildman–Crippen LogP) is 1.30.